The molecule has 1 aromatic heterocycles. The van der Waals surface area contributed by atoms with Gasteiger partial charge in [0.05, 0.1) is 5.69 Å². The van der Waals surface area contributed by atoms with Crippen molar-refractivity contribution in [1.82, 2.24) is 9.55 Å². The van der Waals surface area contributed by atoms with Gasteiger partial charge in [-0.25, -0.2) is 4.98 Å². The van der Waals surface area contributed by atoms with E-state index in [0.29, 0.717) is 12.0 Å². The van der Waals surface area contributed by atoms with Crippen molar-refractivity contribution in [2.75, 3.05) is 16.8 Å². The molecule has 2 aromatic carbocycles. The summed E-state index contributed by atoms with van der Waals surface area (Å²) in [5.74, 6) is 1.14. The van der Waals surface area contributed by atoms with Gasteiger partial charge in [0.25, 0.3) is 5.91 Å². The predicted octanol–water partition coefficient (Wildman–Crippen LogP) is 4.27. The van der Waals surface area contributed by atoms with Crippen LogP contribution >= 0.6 is 0 Å². The van der Waals surface area contributed by atoms with Gasteiger partial charge in [-0.3, -0.25) is 9.59 Å². The summed E-state index contributed by atoms with van der Waals surface area (Å²) in [4.78, 5) is 31.0. The third kappa shape index (κ3) is 3.61. The van der Waals surface area contributed by atoms with Crippen LogP contribution in [0.5, 0.6) is 0 Å². The standard InChI is InChI=1S/C24H24N4O2/c29-23-5-3-15-28(23)20-12-8-18(9-13-20)24(30)25-19-10-6-17(7-11-19)21-16-27-14-2-1-4-22(27)26-21/h6-13,16H,1-5,14-15H2,(H,25,30). The highest BCUT2D eigenvalue weighted by atomic mass is 16.2. The van der Waals surface area contributed by atoms with Crippen molar-refractivity contribution in [3.8, 4) is 11.3 Å². The summed E-state index contributed by atoms with van der Waals surface area (Å²) in [5.41, 5.74) is 4.19. The summed E-state index contributed by atoms with van der Waals surface area (Å²) in [7, 11) is 0. The molecule has 0 spiro atoms. The van der Waals surface area contributed by atoms with Crippen LogP contribution in [-0.2, 0) is 17.8 Å². The van der Waals surface area contributed by atoms with Gasteiger partial charge in [-0.15, -0.1) is 0 Å². The average molecular weight is 400 g/mol. The van der Waals surface area contributed by atoms with E-state index in [2.05, 4.69) is 16.1 Å². The van der Waals surface area contributed by atoms with Gasteiger partial charge in [0.15, 0.2) is 0 Å². The number of nitrogens with zero attached hydrogens (tertiary/aromatic N) is 3. The molecule has 1 saturated heterocycles. The van der Waals surface area contributed by atoms with Crippen molar-refractivity contribution in [2.24, 2.45) is 0 Å². The van der Waals surface area contributed by atoms with Crippen LogP contribution in [-0.4, -0.2) is 27.9 Å². The molecule has 2 aliphatic heterocycles. The molecule has 1 fully saturated rings. The van der Waals surface area contributed by atoms with Crippen molar-refractivity contribution < 1.29 is 9.59 Å². The van der Waals surface area contributed by atoms with Crippen LogP contribution in [0, 0.1) is 0 Å². The SMILES string of the molecule is O=C(Nc1ccc(-c2cn3c(n2)CCCC3)cc1)c1ccc(N2CCCC2=O)cc1. The Morgan fingerprint density at radius 3 is 2.40 bits per heavy atom. The van der Waals surface area contributed by atoms with Crippen LogP contribution in [0.1, 0.15) is 41.9 Å². The Balaban J connectivity index is 1.26. The molecular weight excluding hydrogens is 376 g/mol. The summed E-state index contributed by atoms with van der Waals surface area (Å²) < 4.78 is 2.24. The van der Waals surface area contributed by atoms with E-state index in [9.17, 15) is 9.59 Å². The van der Waals surface area contributed by atoms with E-state index in [4.69, 9.17) is 4.98 Å². The molecular formula is C24H24N4O2. The maximum atomic E-state index is 12.6. The minimum atomic E-state index is -0.167. The van der Waals surface area contributed by atoms with Crippen molar-refractivity contribution in [3.05, 3.63) is 66.1 Å². The van der Waals surface area contributed by atoms with Crippen LogP contribution in [0.2, 0.25) is 0 Å². The number of benzene rings is 2. The van der Waals surface area contributed by atoms with Gasteiger partial charge >= 0.3 is 0 Å². The Kier molecular flexibility index (Phi) is 4.83. The van der Waals surface area contributed by atoms with Gasteiger partial charge in [-0.2, -0.15) is 0 Å². The van der Waals surface area contributed by atoms with Crippen molar-refractivity contribution in [2.45, 2.75) is 38.6 Å². The molecule has 2 aliphatic rings. The molecule has 3 heterocycles. The van der Waals surface area contributed by atoms with Crippen LogP contribution in [0.25, 0.3) is 11.3 Å². The summed E-state index contributed by atoms with van der Waals surface area (Å²) in [6.07, 6.45) is 7.06. The lowest BCUT2D eigenvalue weighted by molar-refractivity contribution is -0.117. The Hall–Kier alpha value is -3.41. The first kappa shape index (κ1) is 18.6. The van der Waals surface area contributed by atoms with Gasteiger partial charge in [0, 0.05) is 54.6 Å². The Bertz CT molecular complexity index is 1060. The van der Waals surface area contributed by atoms with Crippen molar-refractivity contribution in [3.63, 3.8) is 0 Å². The number of amides is 2. The van der Waals surface area contributed by atoms with E-state index >= 15 is 0 Å². The van der Waals surface area contributed by atoms with E-state index in [1.54, 1.807) is 17.0 Å². The van der Waals surface area contributed by atoms with E-state index in [0.717, 1.165) is 54.4 Å². The number of carbonyl (C=O) groups excluding carboxylic acids is 2. The summed E-state index contributed by atoms with van der Waals surface area (Å²) in [5, 5.41) is 2.94. The minimum Gasteiger partial charge on any atom is -0.334 e. The number of fused-ring (bicyclic) bond motifs is 1. The monoisotopic (exact) mass is 400 g/mol. The molecule has 0 saturated carbocycles. The molecule has 0 radical (unpaired) electrons. The van der Waals surface area contributed by atoms with Crippen molar-refractivity contribution in [1.29, 1.82) is 0 Å². The lowest BCUT2D eigenvalue weighted by atomic mass is 10.1. The normalized spacial score (nSPS) is 15.9. The van der Waals surface area contributed by atoms with Gasteiger partial charge < -0.3 is 14.8 Å². The van der Waals surface area contributed by atoms with Crippen LogP contribution in [0.3, 0.4) is 0 Å². The molecule has 2 amide bonds. The second-order valence-electron chi connectivity index (χ2n) is 7.92. The fourth-order valence-corrected chi connectivity index (χ4v) is 4.19. The Morgan fingerprint density at radius 1 is 0.900 bits per heavy atom. The number of rotatable bonds is 4. The second kappa shape index (κ2) is 7.78. The molecule has 152 valence electrons. The zero-order chi connectivity index (χ0) is 20.5. The molecule has 6 nitrogen and oxygen atoms in total. The number of anilines is 2. The maximum Gasteiger partial charge on any atom is 0.255 e. The largest absolute Gasteiger partial charge is 0.334 e. The van der Waals surface area contributed by atoms with E-state index < -0.39 is 0 Å². The smallest absolute Gasteiger partial charge is 0.255 e. The number of aromatic nitrogens is 2. The molecule has 0 atom stereocenters. The van der Waals surface area contributed by atoms with Gasteiger partial charge in [-0.05, 0) is 55.7 Å². The van der Waals surface area contributed by atoms with Crippen molar-refractivity contribution >= 4 is 23.2 Å². The highest BCUT2D eigenvalue weighted by Gasteiger charge is 2.21. The molecule has 30 heavy (non-hydrogen) atoms. The molecule has 0 bridgehead atoms. The third-order valence-electron chi connectivity index (χ3n) is 5.86. The topological polar surface area (TPSA) is 67.2 Å². The van der Waals surface area contributed by atoms with Crippen LogP contribution in [0.4, 0.5) is 11.4 Å². The first-order valence-corrected chi connectivity index (χ1v) is 10.6. The third-order valence-corrected chi connectivity index (χ3v) is 5.86. The zero-order valence-corrected chi connectivity index (χ0v) is 16.8. The number of imidazole rings is 1. The van der Waals surface area contributed by atoms with E-state index in [1.807, 2.05) is 36.4 Å². The maximum absolute atomic E-state index is 12.6. The quantitative estimate of drug-likeness (QED) is 0.711. The molecule has 0 aliphatic carbocycles. The lowest BCUT2D eigenvalue weighted by Crippen LogP contribution is -2.23. The fourth-order valence-electron chi connectivity index (χ4n) is 4.19. The van der Waals surface area contributed by atoms with Gasteiger partial charge in [0.1, 0.15) is 5.82 Å². The van der Waals surface area contributed by atoms with Gasteiger partial charge in [-0.1, -0.05) is 12.1 Å². The fraction of sp³-hybridized carbons (Fsp3) is 0.292. The number of carbonyl (C=O) groups is 2. The molecule has 6 heteroatoms. The summed E-state index contributed by atoms with van der Waals surface area (Å²) in [6, 6.07) is 15.0. The van der Waals surface area contributed by atoms with E-state index in [-0.39, 0.29) is 11.8 Å². The highest BCUT2D eigenvalue weighted by molar-refractivity contribution is 6.05. The van der Waals surface area contributed by atoms with Gasteiger partial charge in [0.2, 0.25) is 5.91 Å². The number of aryl methyl sites for hydroxylation is 2. The number of hydrogen-bond acceptors (Lipinski definition) is 3. The molecule has 0 unspecified atom stereocenters. The molecule has 5 rings (SSSR count). The highest BCUT2D eigenvalue weighted by Crippen LogP contribution is 2.25. The first-order chi connectivity index (χ1) is 14.7. The summed E-state index contributed by atoms with van der Waals surface area (Å²) >= 11 is 0. The number of nitrogens with one attached hydrogen (secondary N) is 1. The number of hydrogen-bond donors (Lipinski definition) is 1. The van der Waals surface area contributed by atoms with E-state index in [1.165, 1.54) is 12.8 Å². The molecule has 1 N–H and O–H groups in total. The Labute approximate surface area is 175 Å². The predicted molar refractivity (Wildman–Crippen MR) is 117 cm³/mol. The average Bonchev–Trinajstić information content (AvgIpc) is 3.40. The minimum absolute atomic E-state index is 0.144. The summed E-state index contributed by atoms with van der Waals surface area (Å²) in [6.45, 7) is 1.79. The first-order valence-electron chi connectivity index (χ1n) is 10.6. The second-order valence-corrected chi connectivity index (χ2v) is 7.92. The van der Waals surface area contributed by atoms with Crippen LogP contribution < -0.4 is 10.2 Å². The van der Waals surface area contributed by atoms with Crippen LogP contribution in [0.15, 0.2) is 54.7 Å². The molecule has 3 aromatic rings. The zero-order valence-electron chi connectivity index (χ0n) is 16.8. The Morgan fingerprint density at radius 2 is 1.70 bits per heavy atom. The lowest BCUT2D eigenvalue weighted by Gasteiger charge is -2.15.